The quantitative estimate of drug-likeness (QED) is 0.280. The van der Waals surface area contributed by atoms with Crippen molar-refractivity contribution >= 4 is 23.3 Å². The first-order valence-electron chi connectivity index (χ1n) is 9.83. The molecule has 0 amide bonds. The van der Waals surface area contributed by atoms with Crippen LogP contribution < -0.4 is 15.4 Å². The first-order chi connectivity index (χ1) is 13.9. The third-order valence-corrected chi connectivity index (χ3v) is 5.31. The molecule has 29 heavy (non-hydrogen) atoms. The van der Waals surface area contributed by atoms with E-state index in [4.69, 9.17) is 9.47 Å². The lowest BCUT2D eigenvalue weighted by molar-refractivity contribution is 0.0531. The number of aryl methyl sites for hydroxylation is 2. The lowest BCUT2D eigenvalue weighted by Gasteiger charge is -2.16. The predicted octanol–water partition coefficient (Wildman–Crippen LogP) is 3.63. The molecule has 0 saturated heterocycles. The van der Waals surface area contributed by atoms with Crippen molar-refractivity contribution in [2.75, 3.05) is 26.3 Å². The van der Waals surface area contributed by atoms with E-state index in [-0.39, 0.29) is 12.0 Å². The Morgan fingerprint density at radius 1 is 1.24 bits per heavy atom. The van der Waals surface area contributed by atoms with Crippen molar-refractivity contribution in [3.63, 3.8) is 0 Å². The standard InChI is InChI=1S/C21H30N4O3S/c1-6-22-21(23-12-13-28-17-10-8-14(3)9-11-17)25-16(5)19-24-15(4)18(29-19)20(26)27-7-2/h8-11,16H,6-7,12-13H2,1-5H3,(H2,22,23,25). The van der Waals surface area contributed by atoms with E-state index in [0.717, 1.165) is 17.3 Å². The molecule has 1 atom stereocenters. The molecule has 8 heteroatoms. The van der Waals surface area contributed by atoms with Crippen molar-refractivity contribution in [1.82, 2.24) is 15.6 Å². The molecule has 0 spiro atoms. The summed E-state index contributed by atoms with van der Waals surface area (Å²) >= 11 is 1.35. The monoisotopic (exact) mass is 418 g/mol. The van der Waals surface area contributed by atoms with Gasteiger partial charge in [0, 0.05) is 6.54 Å². The van der Waals surface area contributed by atoms with Gasteiger partial charge in [0.2, 0.25) is 0 Å². The van der Waals surface area contributed by atoms with Gasteiger partial charge in [0.15, 0.2) is 5.96 Å². The van der Waals surface area contributed by atoms with E-state index in [1.54, 1.807) is 6.92 Å². The number of carbonyl (C=O) groups excluding carboxylic acids is 1. The molecular formula is C21H30N4O3S. The molecule has 0 saturated carbocycles. The minimum absolute atomic E-state index is 0.0994. The highest BCUT2D eigenvalue weighted by molar-refractivity contribution is 7.13. The molecule has 0 radical (unpaired) electrons. The number of ether oxygens (including phenoxy) is 2. The molecule has 0 aliphatic carbocycles. The highest BCUT2D eigenvalue weighted by Crippen LogP contribution is 2.24. The number of nitrogens with one attached hydrogen (secondary N) is 2. The summed E-state index contributed by atoms with van der Waals surface area (Å²) in [7, 11) is 0. The number of nitrogens with zero attached hydrogens (tertiary/aromatic N) is 2. The van der Waals surface area contributed by atoms with Gasteiger partial charge in [0.25, 0.3) is 0 Å². The van der Waals surface area contributed by atoms with Crippen LogP contribution in [0, 0.1) is 13.8 Å². The Morgan fingerprint density at radius 2 is 1.97 bits per heavy atom. The maximum Gasteiger partial charge on any atom is 0.350 e. The van der Waals surface area contributed by atoms with Crippen molar-refractivity contribution in [2.24, 2.45) is 4.99 Å². The highest BCUT2D eigenvalue weighted by Gasteiger charge is 2.20. The molecule has 2 N–H and O–H groups in total. The largest absolute Gasteiger partial charge is 0.492 e. The first kappa shape index (κ1) is 22.7. The molecule has 7 nitrogen and oxygen atoms in total. The predicted molar refractivity (Wildman–Crippen MR) is 117 cm³/mol. The van der Waals surface area contributed by atoms with Gasteiger partial charge in [-0.25, -0.2) is 14.8 Å². The van der Waals surface area contributed by atoms with E-state index < -0.39 is 0 Å². The number of benzene rings is 1. The number of carbonyl (C=O) groups is 1. The van der Waals surface area contributed by atoms with E-state index in [1.807, 2.05) is 52.0 Å². The second-order valence-electron chi connectivity index (χ2n) is 6.48. The van der Waals surface area contributed by atoms with Crippen LogP contribution in [-0.2, 0) is 4.74 Å². The molecule has 0 aliphatic heterocycles. The number of hydrogen-bond donors (Lipinski definition) is 2. The van der Waals surface area contributed by atoms with Crippen LogP contribution >= 0.6 is 11.3 Å². The third kappa shape index (κ3) is 7.05. The second kappa shape index (κ2) is 11.4. The van der Waals surface area contributed by atoms with Gasteiger partial charge < -0.3 is 20.1 Å². The van der Waals surface area contributed by atoms with Crippen LogP contribution in [0.2, 0.25) is 0 Å². The van der Waals surface area contributed by atoms with Crippen LogP contribution in [0.3, 0.4) is 0 Å². The minimum Gasteiger partial charge on any atom is -0.492 e. The van der Waals surface area contributed by atoms with E-state index in [9.17, 15) is 4.79 Å². The summed E-state index contributed by atoms with van der Waals surface area (Å²) in [6.45, 7) is 11.7. The molecule has 158 valence electrons. The summed E-state index contributed by atoms with van der Waals surface area (Å²) < 4.78 is 10.8. The van der Waals surface area contributed by atoms with Crippen LogP contribution in [0.25, 0.3) is 0 Å². The van der Waals surface area contributed by atoms with Crippen LogP contribution in [0.1, 0.15) is 52.7 Å². The Morgan fingerprint density at radius 3 is 2.62 bits per heavy atom. The average Bonchev–Trinajstić information content (AvgIpc) is 3.09. The number of thiazole rings is 1. The number of aliphatic imine (C=N–C) groups is 1. The average molecular weight is 419 g/mol. The molecule has 2 rings (SSSR count). The summed E-state index contributed by atoms with van der Waals surface area (Å²) in [5.41, 5.74) is 1.89. The van der Waals surface area contributed by atoms with Gasteiger partial charge >= 0.3 is 5.97 Å². The summed E-state index contributed by atoms with van der Waals surface area (Å²) in [4.78, 5) is 21.6. The zero-order valence-electron chi connectivity index (χ0n) is 17.7. The number of esters is 1. The Hall–Kier alpha value is -2.61. The van der Waals surface area contributed by atoms with E-state index >= 15 is 0 Å². The molecule has 0 fully saturated rings. The molecule has 0 bridgehead atoms. The lowest BCUT2D eigenvalue weighted by atomic mass is 10.2. The van der Waals surface area contributed by atoms with Gasteiger partial charge in [-0.2, -0.15) is 0 Å². The summed E-state index contributed by atoms with van der Waals surface area (Å²) in [6.07, 6.45) is 0. The smallest absolute Gasteiger partial charge is 0.350 e. The van der Waals surface area contributed by atoms with E-state index in [2.05, 4.69) is 20.6 Å². The zero-order chi connectivity index (χ0) is 21.2. The number of guanidine groups is 1. The second-order valence-corrected chi connectivity index (χ2v) is 7.51. The molecule has 2 aromatic rings. The van der Waals surface area contributed by atoms with Crippen molar-refractivity contribution in [2.45, 2.75) is 40.7 Å². The summed E-state index contributed by atoms with van der Waals surface area (Å²) in [5, 5.41) is 7.37. The molecule has 0 aliphatic rings. The Labute approximate surface area is 176 Å². The molecule has 1 aromatic carbocycles. The van der Waals surface area contributed by atoms with Crippen molar-refractivity contribution < 1.29 is 14.3 Å². The topological polar surface area (TPSA) is 84.8 Å². The number of rotatable bonds is 9. The highest BCUT2D eigenvalue weighted by atomic mass is 32.1. The first-order valence-corrected chi connectivity index (χ1v) is 10.6. The van der Waals surface area contributed by atoms with Gasteiger partial charge in [0.05, 0.1) is 24.9 Å². The maximum atomic E-state index is 12.0. The van der Waals surface area contributed by atoms with Crippen molar-refractivity contribution in [3.05, 3.63) is 45.4 Å². The fourth-order valence-corrected chi connectivity index (χ4v) is 3.49. The fraction of sp³-hybridized carbons (Fsp3) is 0.476. The van der Waals surface area contributed by atoms with E-state index in [1.165, 1.54) is 16.9 Å². The minimum atomic E-state index is -0.324. The zero-order valence-corrected chi connectivity index (χ0v) is 18.6. The number of aromatic nitrogens is 1. The lowest BCUT2D eigenvalue weighted by Crippen LogP contribution is -2.39. The van der Waals surface area contributed by atoms with Gasteiger partial charge in [-0.1, -0.05) is 17.7 Å². The van der Waals surface area contributed by atoms with Gasteiger partial charge in [-0.15, -0.1) is 11.3 Å². The van der Waals surface area contributed by atoms with Gasteiger partial charge in [-0.3, -0.25) is 0 Å². The van der Waals surface area contributed by atoms with Crippen molar-refractivity contribution in [1.29, 1.82) is 0 Å². The van der Waals surface area contributed by atoms with Gasteiger partial charge in [0.1, 0.15) is 22.2 Å². The van der Waals surface area contributed by atoms with E-state index in [0.29, 0.717) is 36.3 Å². The maximum absolute atomic E-state index is 12.0. The van der Waals surface area contributed by atoms with Gasteiger partial charge in [-0.05, 0) is 46.8 Å². The van der Waals surface area contributed by atoms with Crippen LogP contribution in [0.15, 0.2) is 29.3 Å². The van der Waals surface area contributed by atoms with Crippen LogP contribution in [0.4, 0.5) is 0 Å². The molecular weight excluding hydrogens is 388 g/mol. The summed E-state index contributed by atoms with van der Waals surface area (Å²) in [5.74, 6) is 1.19. The third-order valence-electron chi connectivity index (χ3n) is 3.99. The Kier molecular flexibility index (Phi) is 8.92. The summed E-state index contributed by atoms with van der Waals surface area (Å²) in [6, 6.07) is 7.85. The van der Waals surface area contributed by atoms with Crippen LogP contribution in [0.5, 0.6) is 5.75 Å². The molecule has 1 unspecified atom stereocenters. The molecule has 1 heterocycles. The number of hydrogen-bond acceptors (Lipinski definition) is 6. The normalized spacial score (nSPS) is 12.4. The van der Waals surface area contributed by atoms with Crippen molar-refractivity contribution in [3.8, 4) is 5.75 Å². The molecule has 1 aromatic heterocycles. The SMILES string of the molecule is CCNC(=NCCOc1ccc(C)cc1)NC(C)c1nc(C)c(C(=O)OCC)s1. The Balaban J connectivity index is 1.94. The Bertz CT molecular complexity index is 818. The fourth-order valence-electron chi connectivity index (χ4n) is 2.53. The van der Waals surface area contributed by atoms with Crippen LogP contribution in [-0.4, -0.2) is 43.2 Å².